The van der Waals surface area contributed by atoms with Crippen molar-refractivity contribution in [2.45, 2.75) is 25.0 Å². The van der Waals surface area contributed by atoms with E-state index in [4.69, 9.17) is 9.84 Å². The molecule has 0 aromatic heterocycles. The molecule has 4 N–H and O–H groups in total. The number of rotatable bonds is 10. The molecule has 0 radical (unpaired) electrons. The summed E-state index contributed by atoms with van der Waals surface area (Å²) in [5.41, 5.74) is 0.981. The predicted molar refractivity (Wildman–Crippen MR) is 80.5 cm³/mol. The summed E-state index contributed by atoms with van der Waals surface area (Å²) in [6, 6.07) is 8.96. The van der Waals surface area contributed by atoms with E-state index >= 15 is 0 Å². The lowest BCUT2D eigenvalue weighted by atomic mass is 10.0. The zero-order chi connectivity index (χ0) is 15.5. The van der Waals surface area contributed by atoms with Crippen LogP contribution in [0, 0.1) is 0 Å². The lowest BCUT2D eigenvalue weighted by Gasteiger charge is -2.23. The second-order valence-corrected chi connectivity index (χ2v) is 4.86. The van der Waals surface area contributed by atoms with Crippen molar-refractivity contribution in [1.82, 2.24) is 10.6 Å². The van der Waals surface area contributed by atoms with Crippen molar-refractivity contribution in [3.63, 3.8) is 0 Å². The van der Waals surface area contributed by atoms with Gasteiger partial charge in [-0.15, -0.1) is 0 Å². The zero-order valence-corrected chi connectivity index (χ0v) is 12.3. The molecule has 0 aliphatic rings. The standard InChI is InChI=1S/C15H24N2O4/c1-21-9-5-8-16-11-14(18)13(17-15(19)20)10-12-6-3-2-4-7-12/h2-4,6-7,13-14,16-18H,5,8-11H2,1H3,(H,19,20)/t13-,14+/m0/s1. The van der Waals surface area contributed by atoms with Crippen LogP contribution in [0.2, 0.25) is 0 Å². The molecule has 0 saturated heterocycles. The highest BCUT2D eigenvalue weighted by Crippen LogP contribution is 2.06. The fourth-order valence-electron chi connectivity index (χ4n) is 2.04. The third-order valence-corrected chi connectivity index (χ3v) is 3.13. The number of carbonyl (C=O) groups is 1. The lowest BCUT2D eigenvalue weighted by Crippen LogP contribution is -2.48. The molecule has 0 fully saturated rings. The van der Waals surface area contributed by atoms with Gasteiger partial charge in [-0.3, -0.25) is 0 Å². The van der Waals surface area contributed by atoms with E-state index in [-0.39, 0.29) is 0 Å². The van der Waals surface area contributed by atoms with Crippen molar-refractivity contribution in [2.75, 3.05) is 26.8 Å². The minimum Gasteiger partial charge on any atom is -0.465 e. The van der Waals surface area contributed by atoms with Gasteiger partial charge in [0.15, 0.2) is 0 Å². The number of hydrogen-bond acceptors (Lipinski definition) is 4. The second kappa shape index (κ2) is 10.1. The second-order valence-electron chi connectivity index (χ2n) is 4.86. The van der Waals surface area contributed by atoms with Gasteiger partial charge in [-0.1, -0.05) is 30.3 Å². The molecule has 1 aromatic rings. The maximum Gasteiger partial charge on any atom is 0.404 e. The van der Waals surface area contributed by atoms with Crippen LogP contribution in [0.1, 0.15) is 12.0 Å². The highest BCUT2D eigenvalue weighted by molar-refractivity contribution is 5.65. The largest absolute Gasteiger partial charge is 0.465 e. The third kappa shape index (κ3) is 7.65. The molecule has 6 heteroatoms. The predicted octanol–water partition coefficient (Wildman–Crippen LogP) is 0.852. The van der Waals surface area contributed by atoms with E-state index in [1.165, 1.54) is 0 Å². The summed E-state index contributed by atoms with van der Waals surface area (Å²) >= 11 is 0. The molecule has 21 heavy (non-hydrogen) atoms. The molecule has 0 aliphatic carbocycles. The van der Waals surface area contributed by atoms with Crippen LogP contribution in [-0.2, 0) is 11.2 Å². The van der Waals surface area contributed by atoms with Crippen LogP contribution < -0.4 is 10.6 Å². The van der Waals surface area contributed by atoms with Crippen LogP contribution in [-0.4, -0.2) is 55.3 Å². The Morgan fingerprint density at radius 3 is 2.67 bits per heavy atom. The Labute approximate surface area is 125 Å². The van der Waals surface area contributed by atoms with E-state index in [1.807, 2.05) is 30.3 Å². The Balaban J connectivity index is 2.46. The van der Waals surface area contributed by atoms with Gasteiger partial charge in [0.25, 0.3) is 0 Å². The van der Waals surface area contributed by atoms with E-state index in [0.29, 0.717) is 19.6 Å². The van der Waals surface area contributed by atoms with Gasteiger partial charge in [-0.2, -0.15) is 0 Å². The van der Waals surface area contributed by atoms with Crippen LogP contribution >= 0.6 is 0 Å². The number of carboxylic acid groups (broad SMARTS) is 1. The Morgan fingerprint density at radius 1 is 1.33 bits per heavy atom. The Hall–Kier alpha value is -1.63. The topological polar surface area (TPSA) is 90.8 Å². The van der Waals surface area contributed by atoms with Crippen LogP contribution in [0.15, 0.2) is 30.3 Å². The van der Waals surface area contributed by atoms with E-state index in [9.17, 15) is 9.90 Å². The van der Waals surface area contributed by atoms with Gasteiger partial charge in [-0.25, -0.2) is 4.79 Å². The number of amides is 1. The monoisotopic (exact) mass is 296 g/mol. The van der Waals surface area contributed by atoms with Gasteiger partial charge in [0.1, 0.15) is 0 Å². The summed E-state index contributed by atoms with van der Waals surface area (Å²) in [5.74, 6) is 0. The first-order valence-electron chi connectivity index (χ1n) is 7.04. The summed E-state index contributed by atoms with van der Waals surface area (Å²) in [5, 5.41) is 24.5. The molecular formula is C15H24N2O4. The van der Waals surface area contributed by atoms with Crippen molar-refractivity contribution in [1.29, 1.82) is 0 Å². The molecule has 0 heterocycles. The van der Waals surface area contributed by atoms with Crippen molar-refractivity contribution < 1.29 is 19.7 Å². The van der Waals surface area contributed by atoms with E-state index < -0.39 is 18.2 Å². The summed E-state index contributed by atoms with van der Waals surface area (Å²) in [7, 11) is 1.64. The molecule has 1 amide bonds. The van der Waals surface area contributed by atoms with Crippen molar-refractivity contribution >= 4 is 6.09 Å². The smallest absolute Gasteiger partial charge is 0.404 e. The number of benzene rings is 1. The first-order valence-corrected chi connectivity index (χ1v) is 7.04. The van der Waals surface area contributed by atoms with E-state index in [1.54, 1.807) is 7.11 Å². The van der Waals surface area contributed by atoms with Crippen LogP contribution in [0.25, 0.3) is 0 Å². The number of ether oxygens (including phenoxy) is 1. The number of methoxy groups -OCH3 is 1. The van der Waals surface area contributed by atoms with Crippen molar-refractivity contribution in [3.8, 4) is 0 Å². The quantitative estimate of drug-likeness (QED) is 0.481. The molecular weight excluding hydrogens is 272 g/mol. The van der Waals surface area contributed by atoms with Crippen LogP contribution in [0.4, 0.5) is 4.79 Å². The Kier molecular flexibility index (Phi) is 8.42. The van der Waals surface area contributed by atoms with Gasteiger partial charge in [-0.05, 0) is 24.9 Å². The summed E-state index contributed by atoms with van der Waals surface area (Å²) < 4.78 is 4.94. The number of aliphatic hydroxyl groups excluding tert-OH is 1. The molecule has 0 saturated carbocycles. The Bertz CT molecular complexity index is 400. The van der Waals surface area contributed by atoms with Gasteiger partial charge in [0.05, 0.1) is 12.1 Å². The van der Waals surface area contributed by atoms with Crippen molar-refractivity contribution in [2.24, 2.45) is 0 Å². The summed E-state index contributed by atoms with van der Waals surface area (Å²) in [4.78, 5) is 10.9. The molecule has 0 aliphatic heterocycles. The Morgan fingerprint density at radius 2 is 2.05 bits per heavy atom. The summed E-state index contributed by atoms with van der Waals surface area (Å²) in [6.07, 6.45) is -0.620. The maximum atomic E-state index is 10.9. The maximum absolute atomic E-state index is 10.9. The van der Waals surface area contributed by atoms with Gasteiger partial charge in [0.2, 0.25) is 0 Å². The minimum absolute atomic E-state index is 0.335. The first-order chi connectivity index (χ1) is 10.1. The molecule has 0 bridgehead atoms. The van der Waals surface area contributed by atoms with Gasteiger partial charge < -0.3 is 25.6 Å². The molecule has 1 rings (SSSR count). The molecule has 1 aromatic carbocycles. The average molecular weight is 296 g/mol. The SMILES string of the molecule is COCCCNC[C@@H](O)[C@H](Cc1ccccc1)NC(=O)O. The zero-order valence-electron chi connectivity index (χ0n) is 12.3. The van der Waals surface area contributed by atoms with Gasteiger partial charge in [0, 0.05) is 20.3 Å². The molecule has 2 atom stereocenters. The van der Waals surface area contributed by atoms with Crippen molar-refractivity contribution in [3.05, 3.63) is 35.9 Å². The third-order valence-electron chi connectivity index (χ3n) is 3.13. The fourth-order valence-corrected chi connectivity index (χ4v) is 2.04. The van der Waals surface area contributed by atoms with Crippen LogP contribution in [0.3, 0.4) is 0 Å². The van der Waals surface area contributed by atoms with Crippen LogP contribution in [0.5, 0.6) is 0 Å². The van der Waals surface area contributed by atoms with E-state index in [2.05, 4.69) is 10.6 Å². The number of aliphatic hydroxyl groups is 1. The molecule has 0 spiro atoms. The molecule has 0 unspecified atom stereocenters. The number of nitrogens with one attached hydrogen (secondary N) is 2. The minimum atomic E-state index is -1.13. The highest BCUT2D eigenvalue weighted by Gasteiger charge is 2.21. The van der Waals surface area contributed by atoms with Gasteiger partial charge >= 0.3 is 6.09 Å². The first kappa shape index (κ1) is 17.4. The molecule has 118 valence electrons. The molecule has 6 nitrogen and oxygen atoms in total. The average Bonchev–Trinajstić information content (AvgIpc) is 2.47. The lowest BCUT2D eigenvalue weighted by molar-refractivity contribution is 0.117. The van der Waals surface area contributed by atoms with E-state index in [0.717, 1.165) is 18.5 Å². The fraction of sp³-hybridized carbons (Fsp3) is 0.533. The summed E-state index contributed by atoms with van der Waals surface area (Å²) in [6.45, 7) is 1.71. The number of hydrogen-bond donors (Lipinski definition) is 4. The highest BCUT2D eigenvalue weighted by atomic mass is 16.5. The normalized spacial score (nSPS) is 13.6.